The van der Waals surface area contributed by atoms with Gasteiger partial charge in [0.25, 0.3) is 5.91 Å². The van der Waals surface area contributed by atoms with Gasteiger partial charge in [-0.1, -0.05) is 12.1 Å². The number of ether oxygens (including phenoxy) is 1. The van der Waals surface area contributed by atoms with Crippen molar-refractivity contribution >= 4 is 17.4 Å². The second-order valence-corrected chi connectivity index (χ2v) is 7.58. The second-order valence-electron chi connectivity index (χ2n) is 7.58. The minimum absolute atomic E-state index is 0.0216. The van der Waals surface area contributed by atoms with Crippen LogP contribution in [0.1, 0.15) is 32.9 Å². The molecule has 10 nitrogen and oxygen atoms in total. The number of nitro groups is 1. The number of benzene rings is 1. The number of carbonyl (C=O) groups is 1. The van der Waals surface area contributed by atoms with Gasteiger partial charge in [-0.2, -0.15) is 5.10 Å². The van der Waals surface area contributed by atoms with Crippen LogP contribution in [-0.4, -0.2) is 30.6 Å². The fraction of sp³-hybridized carbons (Fsp3) is 0.167. The molecule has 1 amide bonds. The van der Waals surface area contributed by atoms with Crippen molar-refractivity contribution in [2.24, 2.45) is 0 Å². The maximum atomic E-state index is 12.8. The first-order chi connectivity index (χ1) is 16.4. The molecule has 10 heteroatoms. The van der Waals surface area contributed by atoms with Gasteiger partial charge in [0.15, 0.2) is 11.6 Å². The van der Waals surface area contributed by atoms with Crippen LogP contribution < -0.4 is 10.1 Å². The van der Waals surface area contributed by atoms with Crippen molar-refractivity contribution in [3.8, 4) is 5.75 Å². The molecule has 1 aromatic carbocycles. The van der Waals surface area contributed by atoms with E-state index in [0.29, 0.717) is 41.7 Å². The Balaban J connectivity index is 1.43. The zero-order valence-corrected chi connectivity index (χ0v) is 18.6. The number of pyridine rings is 2. The Labute approximate surface area is 195 Å². The Morgan fingerprint density at radius 2 is 1.79 bits per heavy atom. The fourth-order valence-electron chi connectivity index (χ4n) is 3.46. The number of nitrogens with zero attached hydrogens (tertiary/aromatic N) is 5. The van der Waals surface area contributed by atoms with Gasteiger partial charge in [-0.15, -0.1) is 0 Å². The first-order valence-corrected chi connectivity index (χ1v) is 10.5. The van der Waals surface area contributed by atoms with Crippen molar-refractivity contribution < 1.29 is 14.5 Å². The van der Waals surface area contributed by atoms with Crippen molar-refractivity contribution in [3.63, 3.8) is 0 Å². The second kappa shape index (κ2) is 9.90. The fourth-order valence-corrected chi connectivity index (χ4v) is 3.46. The van der Waals surface area contributed by atoms with Gasteiger partial charge in [-0.25, -0.2) is 4.98 Å². The van der Waals surface area contributed by atoms with E-state index in [1.165, 1.54) is 0 Å². The van der Waals surface area contributed by atoms with Gasteiger partial charge in [0.1, 0.15) is 18.0 Å². The molecule has 0 unspecified atom stereocenters. The monoisotopic (exact) mass is 458 g/mol. The van der Waals surface area contributed by atoms with Crippen LogP contribution in [0.15, 0.2) is 67.1 Å². The van der Waals surface area contributed by atoms with Crippen LogP contribution in [0.4, 0.5) is 11.5 Å². The molecule has 1 N–H and O–H groups in total. The van der Waals surface area contributed by atoms with Crippen LogP contribution in [-0.2, 0) is 13.2 Å². The number of anilines is 1. The van der Waals surface area contributed by atoms with Crippen LogP contribution in [0.5, 0.6) is 5.75 Å². The molecule has 172 valence electrons. The molecule has 0 aliphatic rings. The van der Waals surface area contributed by atoms with Crippen molar-refractivity contribution in [2.45, 2.75) is 27.0 Å². The van der Waals surface area contributed by atoms with Crippen LogP contribution in [0.25, 0.3) is 0 Å². The number of aromatic nitrogens is 4. The summed E-state index contributed by atoms with van der Waals surface area (Å²) in [5, 5.41) is 18.3. The first kappa shape index (κ1) is 22.6. The van der Waals surface area contributed by atoms with E-state index < -0.39 is 4.92 Å². The van der Waals surface area contributed by atoms with Crippen molar-refractivity contribution in [1.82, 2.24) is 19.7 Å². The number of hydrogen-bond acceptors (Lipinski definition) is 7. The lowest BCUT2D eigenvalue weighted by Gasteiger charge is -2.12. The van der Waals surface area contributed by atoms with Crippen LogP contribution in [0.2, 0.25) is 0 Å². The number of aryl methyl sites for hydroxylation is 1. The molecule has 4 aromatic rings. The minimum atomic E-state index is -0.422. The summed E-state index contributed by atoms with van der Waals surface area (Å²) in [6, 6.07) is 14.1. The molecule has 0 radical (unpaired) electrons. The molecule has 0 aliphatic heterocycles. The number of rotatable bonds is 8. The largest absolute Gasteiger partial charge is 0.485 e. The highest BCUT2D eigenvalue weighted by atomic mass is 16.6. The summed E-state index contributed by atoms with van der Waals surface area (Å²) in [5.41, 5.74) is 3.12. The van der Waals surface area contributed by atoms with E-state index in [0.717, 1.165) is 11.1 Å². The summed E-state index contributed by atoms with van der Waals surface area (Å²) >= 11 is 0. The molecule has 0 saturated carbocycles. The summed E-state index contributed by atoms with van der Waals surface area (Å²) in [7, 11) is 0. The Morgan fingerprint density at radius 1 is 1.06 bits per heavy atom. The SMILES string of the molecule is Cc1nn(Cc2ccc(C(=O)Nc3ncccc3OCc3ccncc3)cc2)c(C)c1[N+](=O)[O-]. The quantitative estimate of drug-likeness (QED) is 0.311. The van der Waals surface area contributed by atoms with Gasteiger partial charge in [0, 0.05) is 24.2 Å². The topological polar surface area (TPSA) is 125 Å². The predicted octanol–water partition coefficient (Wildman–Crippen LogP) is 4.08. The predicted molar refractivity (Wildman–Crippen MR) is 125 cm³/mol. The van der Waals surface area contributed by atoms with E-state index in [1.54, 1.807) is 73.5 Å². The van der Waals surface area contributed by atoms with Gasteiger partial charge >= 0.3 is 5.69 Å². The third-order valence-corrected chi connectivity index (χ3v) is 5.22. The van der Waals surface area contributed by atoms with Crippen molar-refractivity contribution in [3.05, 3.63) is 105 Å². The van der Waals surface area contributed by atoms with Crippen LogP contribution in [0, 0.1) is 24.0 Å². The molecule has 34 heavy (non-hydrogen) atoms. The lowest BCUT2D eigenvalue weighted by Crippen LogP contribution is -2.14. The molecule has 3 aromatic heterocycles. The van der Waals surface area contributed by atoms with Crippen molar-refractivity contribution in [1.29, 1.82) is 0 Å². The molecule has 0 atom stereocenters. The lowest BCUT2D eigenvalue weighted by molar-refractivity contribution is -0.386. The molecule has 0 spiro atoms. The first-order valence-electron chi connectivity index (χ1n) is 10.5. The third kappa shape index (κ3) is 5.07. The molecule has 3 heterocycles. The van der Waals surface area contributed by atoms with Gasteiger partial charge in [0.05, 0.1) is 11.5 Å². The molecular weight excluding hydrogens is 436 g/mol. The molecule has 0 aliphatic carbocycles. The number of carbonyl (C=O) groups excluding carboxylic acids is 1. The van der Waals surface area contributed by atoms with E-state index in [2.05, 4.69) is 20.4 Å². The minimum Gasteiger partial charge on any atom is -0.485 e. The highest BCUT2D eigenvalue weighted by Crippen LogP contribution is 2.24. The molecule has 0 fully saturated rings. The zero-order valence-electron chi connectivity index (χ0n) is 18.6. The standard InChI is InChI=1S/C24H22N6O4/c1-16-22(30(32)33)17(2)29(28-16)14-18-5-7-20(8-6-18)24(31)27-23-21(4-3-11-26-23)34-15-19-9-12-25-13-10-19/h3-13H,14-15H2,1-2H3,(H,26,27,31). The van der Waals surface area contributed by atoms with Gasteiger partial charge in [-0.3, -0.25) is 24.6 Å². The molecule has 0 saturated heterocycles. The Hall–Kier alpha value is -4.60. The van der Waals surface area contributed by atoms with Gasteiger partial charge in [-0.05, 0) is 61.4 Å². The van der Waals surface area contributed by atoms with E-state index >= 15 is 0 Å². The summed E-state index contributed by atoms with van der Waals surface area (Å²) < 4.78 is 7.41. The summed E-state index contributed by atoms with van der Waals surface area (Å²) in [5.74, 6) is 0.441. The Kier molecular flexibility index (Phi) is 6.58. The number of nitrogens with one attached hydrogen (secondary N) is 1. The van der Waals surface area contributed by atoms with E-state index in [1.807, 2.05) is 12.1 Å². The maximum Gasteiger partial charge on any atom is 0.312 e. The third-order valence-electron chi connectivity index (χ3n) is 5.22. The number of amides is 1. The highest BCUT2D eigenvalue weighted by Gasteiger charge is 2.21. The lowest BCUT2D eigenvalue weighted by atomic mass is 10.1. The average molecular weight is 458 g/mol. The molecule has 0 bridgehead atoms. The molecular formula is C24H22N6O4. The Morgan fingerprint density at radius 3 is 2.47 bits per heavy atom. The summed E-state index contributed by atoms with van der Waals surface area (Å²) in [6.45, 7) is 3.95. The maximum absolute atomic E-state index is 12.8. The molecule has 4 rings (SSSR count). The van der Waals surface area contributed by atoms with Gasteiger partial charge in [0.2, 0.25) is 0 Å². The van der Waals surface area contributed by atoms with Crippen molar-refractivity contribution in [2.75, 3.05) is 5.32 Å². The van der Waals surface area contributed by atoms with Crippen LogP contribution in [0.3, 0.4) is 0 Å². The van der Waals surface area contributed by atoms with Crippen LogP contribution >= 0.6 is 0 Å². The number of hydrogen-bond donors (Lipinski definition) is 1. The average Bonchev–Trinajstić information content (AvgIpc) is 3.12. The van der Waals surface area contributed by atoms with E-state index in [-0.39, 0.29) is 11.6 Å². The normalized spacial score (nSPS) is 10.6. The summed E-state index contributed by atoms with van der Waals surface area (Å²) in [6.07, 6.45) is 4.94. The highest BCUT2D eigenvalue weighted by molar-refractivity contribution is 6.04. The van der Waals surface area contributed by atoms with E-state index in [4.69, 9.17) is 4.74 Å². The Bertz CT molecular complexity index is 1320. The summed E-state index contributed by atoms with van der Waals surface area (Å²) in [4.78, 5) is 31.8. The van der Waals surface area contributed by atoms with Gasteiger partial charge < -0.3 is 10.1 Å². The smallest absolute Gasteiger partial charge is 0.312 e. The zero-order chi connectivity index (χ0) is 24.1. The van der Waals surface area contributed by atoms with E-state index in [9.17, 15) is 14.9 Å².